The number of Topliss-reactive ketones (excluding diaryl/α,β-unsaturated/α-hetero) is 1. The summed E-state index contributed by atoms with van der Waals surface area (Å²) in [6, 6.07) is 13.7. The largest absolute Gasteiger partial charge is 0.377 e. The first kappa shape index (κ1) is 15.2. The summed E-state index contributed by atoms with van der Waals surface area (Å²) >= 11 is 6.44. The van der Waals surface area contributed by atoms with E-state index in [0.29, 0.717) is 11.6 Å². The van der Waals surface area contributed by atoms with Gasteiger partial charge in [-0.25, -0.2) is 4.98 Å². The van der Waals surface area contributed by atoms with E-state index in [1.165, 1.54) is 11.1 Å². The van der Waals surface area contributed by atoms with Crippen LogP contribution in [0.25, 0.3) is 10.9 Å². The minimum Gasteiger partial charge on any atom is -0.377 e. The number of hydrogen-bond acceptors (Lipinski definition) is 3. The zero-order valence-electron chi connectivity index (χ0n) is 13.6. The molecule has 0 aliphatic carbocycles. The van der Waals surface area contributed by atoms with Crippen LogP contribution in [0.4, 0.5) is 5.69 Å². The maximum atomic E-state index is 12.4. The zero-order chi connectivity index (χ0) is 16.8. The first-order valence-electron chi connectivity index (χ1n) is 7.99. The van der Waals surface area contributed by atoms with E-state index in [0.717, 1.165) is 27.7 Å². The summed E-state index contributed by atoms with van der Waals surface area (Å²) in [5.41, 5.74) is 5.76. The summed E-state index contributed by atoms with van der Waals surface area (Å²) in [5, 5.41) is 4.93. The van der Waals surface area contributed by atoms with Gasteiger partial charge in [-0.1, -0.05) is 23.7 Å². The van der Waals surface area contributed by atoms with Gasteiger partial charge in [-0.05, 0) is 55.3 Å². The Morgan fingerprint density at radius 1 is 1.12 bits per heavy atom. The van der Waals surface area contributed by atoms with E-state index in [-0.39, 0.29) is 11.8 Å². The van der Waals surface area contributed by atoms with Gasteiger partial charge in [0.2, 0.25) is 0 Å². The number of fused-ring (bicyclic) bond motifs is 2. The summed E-state index contributed by atoms with van der Waals surface area (Å²) < 4.78 is 0. The number of aromatic nitrogens is 1. The fourth-order valence-corrected chi connectivity index (χ4v) is 3.53. The van der Waals surface area contributed by atoms with Gasteiger partial charge in [-0.2, -0.15) is 0 Å². The standard InChI is InChI=1S/C20H17ClN2O/c1-11-7-13-9-15(20(21)23-17(13)8-12(11)2)18-10-19(24)14-5-3-4-6-16(14)22-18/h3-9,18,22H,10H2,1-2H3/t18-/m0/s1. The molecular formula is C20H17ClN2O. The van der Waals surface area contributed by atoms with Crippen LogP contribution in [0.5, 0.6) is 0 Å². The van der Waals surface area contributed by atoms with E-state index >= 15 is 0 Å². The van der Waals surface area contributed by atoms with E-state index in [1.807, 2.05) is 24.3 Å². The highest BCUT2D eigenvalue weighted by atomic mass is 35.5. The molecule has 0 amide bonds. The number of hydrogen-bond donors (Lipinski definition) is 1. The molecule has 2 heterocycles. The summed E-state index contributed by atoms with van der Waals surface area (Å²) in [7, 11) is 0. The molecule has 1 aromatic heterocycles. The number of ketones is 1. The Morgan fingerprint density at radius 2 is 1.88 bits per heavy atom. The highest BCUT2D eigenvalue weighted by molar-refractivity contribution is 6.30. The van der Waals surface area contributed by atoms with Crippen molar-refractivity contribution in [1.29, 1.82) is 0 Å². The number of carbonyl (C=O) groups is 1. The topological polar surface area (TPSA) is 42.0 Å². The second-order valence-electron chi connectivity index (χ2n) is 6.37. The fraction of sp³-hybridized carbons (Fsp3) is 0.200. The Labute approximate surface area is 145 Å². The van der Waals surface area contributed by atoms with Gasteiger partial charge in [0.1, 0.15) is 5.15 Å². The van der Waals surface area contributed by atoms with Crippen LogP contribution in [-0.2, 0) is 0 Å². The van der Waals surface area contributed by atoms with E-state index < -0.39 is 0 Å². The number of pyridine rings is 1. The summed E-state index contributed by atoms with van der Waals surface area (Å²) in [6.07, 6.45) is 0.384. The highest BCUT2D eigenvalue weighted by Crippen LogP contribution is 2.36. The number of halogens is 1. The average Bonchev–Trinajstić information content (AvgIpc) is 2.56. The second kappa shape index (κ2) is 5.60. The normalized spacial score (nSPS) is 16.8. The van der Waals surface area contributed by atoms with Crippen molar-refractivity contribution in [3.8, 4) is 0 Å². The Balaban J connectivity index is 1.81. The van der Waals surface area contributed by atoms with Gasteiger partial charge in [-0.15, -0.1) is 0 Å². The van der Waals surface area contributed by atoms with Crippen LogP contribution in [0.2, 0.25) is 5.15 Å². The molecule has 4 rings (SSSR count). The van der Waals surface area contributed by atoms with Crippen molar-refractivity contribution in [2.45, 2.75) is 26.3 Å². The van der Waals surface area contributed by atoms with E-state index in [9.17, 15) is 4.79 Å². The lowest BCUT2D eigenvalue weighted by Crippen LogP contribution is -2.23. The van der Waals surface area contributed by atoms with Gasteiger partial charge in [0.25, 0.3) is 0 Å². The molecular weight excluding hydrogens is 320 g/mol. The lowest BCUT2D eigenvalue weighted by molar-refractivity contribution is 0.0972. The predicted octanol–water partition coefficient (Wildman–Crippen LogP) is 5.24. The third kappa shape index (κ3) is 2.45. The predicted molar refractivity (Wildman–Crippen MR) is 98.0 cm³/mol. The Hall–Kier alpha value is -2.39. The number of nitrogens with one attached hydrogen (secondary N) is 1. The molecule has 24 heavy (non-hydrogen) atoms. The minimum absolute atomic E-state index is 0.130. The van der Waals surface area contributed by atoms with Gasteiger partial charge >= 0.3 is 0 Å². The lowest BCUT2D eigenvalue weighted by Gasteiger charge is -2.27. The van der Waals surface area contributed by atoms with Crippen LogP contribution in [0.15, 0.2) is 42.5 Å². The molecule has 4 heteroatoms. The van der Waals surface area contributed by atoms with Gasteiger partial charge < -0.3 is 5.32 Å². The summed E-state index contributed by atoms with van der Waals surface area (Å²) in [4.78, 5) is 17.0. The number of carbonyl (C=O) groups excluding carboxylic acids is 1. The second-order valence-corrected chi connectivity index (χ2v) is 6.73. The SMILES string of the molecule is Cc1cc2cc([C@@H]3CC(=O)c4ccccc4N3)c(Cl)nc2cc1C. The highest BCUT2D eigenvalue weighted by Gasteiger charge is 2.27. The first-order valence-corrected chi connectivity index (χ1v) is 8.37. The van der Waals surface area contributed by atoms with Gasteiger partial charge in [0.05, 0.1) is 11.6 Å². The molecule has 1 atom stereocenters. The molecule has 1 aliphatic heterocycles. The Bertz CT molecular complexity index is 981. The molecule has 0 fully saturated rings. The molecule has 1 N–H and O–H groups in total. The van der Waals surface area contributed by atoms with Crippen molar-refractivity contribution in [2.24, 2.45) is 0 Å². The molecule has 0 bridgehead atoms. The van der Waals surface area contributed by atoms with Gasteiger partial charge in [-0.3, -0.25) is 4.79 Å². The Morgan fingerprint density at radius 3 is 2.71 bits per heavy atom. The number of aryl methyl sites for hydroxylation is 2. The Kier molecular flexibility index (Phi) is 3.54. The van der Waals surface area contributed by atoms with Crippen molar-refractivity contribution in [3.05, 3.63) is 69.9 Å². The van der Waals surface area contributed by atoms with Crippen LogP contribution in [0.1, 0.15) is 39.5 Å². The molecule has 0 radical (unpaired) electrons. The number of para-hydroxylation sites is 1. The van der Waals surface area contributed by atoms with E-state index in [2.05, 4.69) is 42.3 Å². The summed E-state index contributed by atoms with van der Waals surface area (Å²) in [5.74, 6) is 0.130. The molecule has 0 saturated heterocycles. The number of nitrogens with zero attached hydrogens (tertiary/aromatic N) is 1. The van der Waals surface area contributed by atoms with E-state index in [1.54, 1.807) is 0 Å². The first-order chi connectivity index (χ1) is 11.5. The monoisotopic (exact) mass is 336 g/mol. The fourth-order valence-electron chi connectivity index (χ4n) is 3.25. The third-order valence-electron chi connectivity index (χ3n) is 4.73. The molecule has 3 nitrogen and oxygen atoms in total. The van der Waals surface area contributed by atoms with Crippen LogP contribution >= 0.6 is 11.6 Å². The number of anilines is 1. The molecule has 0 unspecified atom stereocenters. The van der Waals surface area contributed by atoms with Crippen molar-refractivity contribution >= 4 is 34.0 Å². The number of benzene rings is 2. The minimum atomic E-state index is -0.154. The molecule has 120 valence electrons. The maximum Gasteiger partial charge on any atom is 0.167 e. The quantitative estimate of drug-likeness (QED) is 0.617. The van der Waals surface area contributed by atoms with Crippen molar-refractivity contribution in [2.75, 3.05) is 5.32 Å². The zero-order valence-corrected chi connectivity index (χ0v) is 14.3. The van der Waals surface area contributed by atoms with E-state index in [4.69, 9.17) is 11.6 Å². The lowest BCUT2D eigenvalue weighted by atomic mass is 9.92. The molecule has 0 spiro atoms. The van der Waals surface area contributed by atoms with Crippen LogP contribution in [0, 0.1) is 13.8 Å². The molecule has 1 aliphatic rings. The van der Waals surface area contributed by atoms with Crippen LogP contribution in [0.3, 0.4) is 0 Å². The molecule has 3 aromatic rings. The number of rotatable bonds is 1. The van der Waals surface area contributed by atoms with Gasteiger partial charge in [0, 0.05) is 28.6 Å². The molecule has 0 saturated carbocycles. The van der Waals surface area contributed by atoms with Crippen molar-refractivity contribution in [3.63, 3.8) is 0 Å². The van der Waals surface area contributed by atoms with Crippen molar-refractivity contribution < 1.29 is 4.79 Å². The third-order valence-corrected chi connectivity index (χ3v) is 5.04. The van der Waals surface area contributed by atoms with Crippen molar-refractivity contribution in [1.82, 2.24) is 4.98 Å². The maximum absolute atomic E-state index is 12.4. The van der Waals surface area contributed by atoms with Gasteiger partial charge in [0.15, 0.2) is 5.78 Å². The van der Waals surface area contributed by atoms with Crippen LogP contribution < -0.4 is 5.32 Å². The summed E-state index contributed by atoms with van der Waals surface area (Å²) in [6.45, 7) is 4.15. The molecule has 2 aromatic carbocycles. The average molecular weight is 337 g/mol. The van der Waals surface area contributed by atoms with Crippen LogP contribution in [-0.4, -0.2) is 10.8 Å². The smallest absolute Gasteiger partial charge is 0.167 e.